The summed E-state index contributed by atoms with van der Waals surface area (Å²) in [7, 11) is 0. The number of aliphatic hydroxyl groups excluding tert-OH is 2. The molecule has 0 saturated heterocycles. The van der Waals surface area contributed by atoms with Crippen LogP contribution in [-0.4, -0.2) is 32.5 Å². The molecule has 5 heteroatoms. The molecule has 5 nitrogen and oxygen atoms in total. The van der Waals surface area contributed by atoms with Crippen LogP contribution >= 0.6 is 0 Å². The minimum absolute atomic E-state index is 0.0117. The van der Waals surface area contributed by atoms with Crippen LogP contribution in [0.2, 0.25) is 0 Å². The Labute approximate surface area is 79.9 Å². The van der Waals surface area contributed by atoms with Crippen molar-refractivity contribution in [2.45, 2.75) is 12.2 Å². The molecule has 1 aromatic carbocycles. The SMILES string of the molecule is O=C(O)C(O)C(O)c1ccccc1O. The number of benzene rings is 1. The zero-order valence-electron chi connectivity index (χ0n) is 7.16. The lowest BCUT2D eigenvalue weighted by Crippen LogP contribution is -2.27. The van der Waals surface area contributed by atoms with Gasteiger partial charge in [-0.15, -0.1) is 0 Å². The Kier molecular flexibility index (Phi) is 3.06. The molecule has 0 radical (unpaired) electrons. The minimum atomic E-state index is -1.94. The van der Waals surface area contributed by atoms with Gasteiger partial charge in [0.05, 0.1) is 0 Å². The molecule has 0 saturated carbocycles. The third-order valence-corrected chi connectivity index (χ3v) is 1.81. The highest BCUT2D eigenvalue weighted by molar-refractivity contribution is 5.73. The van der Waals surface area contributed by atoms with E-state index in [1.165, 1.54) is 24.3 Å². The molecule has 0 aliphatic carbocycles. The summed E-state index contributed by atoms with van der Waals surface area (Å²) in [4.78, 5) is 10.3. The van der Waals surface area contributed by atoms with Gasteiger partial charge in [0, 0.05) is 5.56 Å². The Balaban J connectivity index is 2.94. The quantitative estimate of drug-likeness (QED) is 0.542. The van der Waals surface area contributed by atoms with Crippen molar-refractivity contribution >= 4 is 5.97 Å². The van der Waals surface area contributed by atoms with Crippen LogP contribution in [-0.2, 0) is 4.79 Å². The van der Waals surface area contributed by atoms with Gasteiger partial charge in [-0.2, -0.15) is 0 Å². The van der Waals surface area contributed by atoms with Gasteiger partial charge < -0.3 is 20.4 Å². The summed E-state index contributed by atoms with van der Waals surface area (Å²) in [5, 5.41) is 36.0. The zero-order valence-corrected chi connectivity index (χ0v) is 7.16. The van der Waals surface area contributed by atoms with Crippen molar-refractivity contribution in [1.29, 1.82) is 0 Å². The summed E-state index contributed by atoms with van der Waals surface area (Å²) in [5.41, 5.74) is -0.0117. The number of aliphatic hydroxyl groups is 2. The summed E-state index contributed by atoms with van der Waals surface area (Å²) in [6.45, 7) is 0. The van der Waals surface area contributed by atoms with Crippen molar-refractivity contribution in [1.82, 2.24) is 0 Å². The normalized spacial score (nSPS) is 14.7. The molecule has 2 unspecified atom stereocenters. The fourth-order valence-corrected chi connectivity index (χ4v) is 1.04. The third-order valence-electron chi connectivity index (χ3n) is 1.81. The second-order valence-electron chi connectivity index (χ2n) is 2.79. The van der Waals surface area contributed by atoms with Crippen LogP contribution in [0.4, 0.5) is 0 Å². The lowest BCUT2D eigenvalue weighted by Gasteiger charge is -2.15. The van der Waals surface area contributed by atoms with Gasteiger partial charge in [-0.1, -0.05) is 18.2 Å². The number of hydrogen-bond donors (Lipinski definition) is 4. The van der Waals surface area contributed by atoms with Gasteiger partial charge in [0.15, 0.2) is 6.10 Å². The second kappa shape index (κ2) is 4.08. The Hall–Kier alpha value is -1.59. The average molecular weight is 198 g/mol. The number of carboxylic acids is 1. The molecule has 0 amide bonds. The first-order valence-electron chi connectivity index (χ1n) is 3.91. The maximum Gasteiger partial charge on any atom is 0.335 e. The first-order chi connectivity index (χ1) is 6.54. The zero-order chi connectivity index (χ0) is 10.7. The van der Waals surface area contributed by atoms with E-state index in [0.29, 0.717) is 0 Å². The van der Waals surface area contributed by atoms with Gasteiger partial charge in [-0.25, -0.2) is 4.79 Å². The summed E-state index contributed by atoms with van der Waals surface area (Å²) < 4.78 is 0. The molecular weight excluding hydrogens is 188 g/mol. The number of aromatic hydroxyl groups is 1. The number of phenolic OH excluding ortho intramolecular Hbond substituents is 1. The Morgan fingerprint density at radius 3 is 2.29 bits per heavy atom. The molecule has 0 aromatic heterocycles. The predicted octanol–water partition coefficient (Wildman–Crippen LogP) is -0.129. The lowest BCUT2D eigenvalue weighted by molar-refractivity contribution is -0.153. The van der Waals surface area contributed by atoms with Crippen LogP contribution in [0.3, 0.4) is 0 Å². The number of carbonyl (C=O) groups is 1. The predicted molar refractivity (Wildman–Crippen MR) is 46.7 cm³/mol. The number of para-hydroxylation sites is 1. The van der Waals surface area contributed by atoms with Crippen LogP contribution in [0.15, 0.2) is 24.3 Å². The molecule has 0 fully saturated rings. The van der Waals surface area contributed by atoms with E-state index in [9.17, 15) is 15.0 Å². The second-order valence-corrected chi connectivity index (χ2v) is 2.79. The van der Waals surface area contributed by atoms with Crippen LogP contribution < -0.4 is 0 Å². The first-order valence-corrected chi connectivity index (χ1v) is 3.91. The van der Waals surface area contributed by atoms with Crippen molar-refractivity contribution in [2.24, 2.45) is 0 Å². The molecular formula is C9H10O5. The summed E-state index contributed by atoms with van der Waals surface area (Å²) in [5.74, 6) is -1.79. The van der Waals surface area contributed by atoms with Gasteiger partial charge in [0.2, 0.25) is 0 Å². The molecule has 2 atom stereocenters. The van der Waals surface area contributed by atoms with E-state index in [1.807, 2.05) is 0 Å². The van der Waals surface area contributed by atoms with Gasteiger partial charge in [-0.3, -0.25) is 0 Å². The van der Waals surface area contributed by atoms with Crippen LogP contribution in [0.1, 0.15) is 11.7 Å². The maximum atomic E-state index is 10.3. The van der Waals surface area contributed by atoms with E-state index in [0.717, 1.165) is 0 Å². The molecule has 76 valence electrons. The number of carboxylic acid groups (broad SMARTS) is 1. The lowest BCUT2D eigenvalue weighted by atomic mass is 10.0. The van der Waals surface area contributed by atoms with Gasteiger partial charge in [0.1, 0.15) is 11.9 Å². The molecule has 1 rings (SSSR count). The van der Waals surface area contributed by atoms with Crippen LogP contribution in [0.5, 0.6) is 5.75 Å². The standard InChI is InChI=1S/C9H10O5/c10-6-4-2-1-3-5(6)7(11)8(12)9(13)14/h1-4,7-8,10-12H,(H,13,14). The first kappa shape index (κ1) is 10.5. The van der Waals surface area contributed by atoms with Crippen molar-refractivity contribution in [3.8, 4) is 5.75 Å². The van der Waals surface area contributed by atoms with Crippen molar-refractivity contribution < 1.29 is 25.2 Å². The highest BCUT2D eigenvalue weighted by Gasteiger charge is 2.26. The number of aliphatic carboxylic acids is 1. The molecule has 0 spiro atoms. The molecule has 14 heavy (non-hydrogen) atoms. The average Bonchev–Trinajstić information content (AvgIpc) is 2.16. The van der Waals surface area contributed by atoms with E-state index in [1.54, 1.807) is 0 Å². The van der Waals surface area contributed by atoms with Crippen molar-refractivity contribution in [3.63, 3.8) is 0 Å². The molecule has 0 heterocycles. The Morgan fingerprint density at radius 1 is 1.21 bits per heavy atom. The molecule has 1 aromatic rings. The van der Waals surface area contributed by atoms with E-state index in [-0.39, 0.29) is 11.3 Å². The monoisotopic (exact) mass is 198 g/mol. The third kappa shape index (κ3) is 2.01. The number of phenols is 1. The highest BCUT2D eigenvalue weighted by Crippen LogP contribution is 2.25. The fraction of sp³-hybridized carbons (Fsp3) is 0.222. The topological polar surface area (TPSA) is 98.0 Å². The molecule has 0 aliphatic rings. The van der Waals surface area contributed by atoms with Gasteiger partial charge >= 0.3 is 5.97 Å². The van der Waals surface area contributed by atoms with E-state index >= 15 is 0 Å². The van der Waals surface area contributed by atoms with E-state index in [4.69, 9.17) is 10.2 Å². The van der Waals surface area contributed by atoms with Gasteiger partial charge in [-0.05, 0) is 6.07 Å². The molecule has 0 bridgehead atoms. The highest BCUT2D eigenvalue weighted by atomic mass is 16.4. The van der Waals surface area contributed by atoms with Crippen molar-refractivity contribution in [2.75, 3.05) is 0 Å². The fourth-order valence-electron chi connectivity index (χ4n) is 1.04. The summed E-state index contributed by atoms with van der Waals surface area (Å²) in [6, 6.07) is 5.69. The van der Waals surface area contributed by atoms with E-state index in [2.05, 4.69) is 0 Å². The maximum absolute atomic E-state index is 10.3. The summed E-state index contributed by atoms with van der Waals surface area (Å²) >= 11 is 0. The van der Waals surface area contributed by atoms with Crippen LogP contribution in [0.25, 0.3) is 0 Å². The number of hydrogen-bond acceptors (Lipinski definition) is 4. The largest absolute Gasteiger partial charge is 0.508 e. The Bertz CT molecular complexity index is 336. The van der Waals surface area contributed by atoms with Crippen LogP contribution in [0, 0.1) is 0 Å². The molecule has 0 aliphatic heterocycles. The number of rotatable bonds is 3. The van der Waals surface area contributed by atoms with E-state index < -0.39 is 18.2 Å². The molecule has 4 N–H and O–H groups in total. The smallest absolute Gasteiger partial charge is 0.335 e. The minimum Gasteiger partial charge on any atom is -0.508 e. The Morgan fingerprint density at radius 2 is 1.79 bits per heavy atom. The van der Waals surface area contributed by atoms with Gasteiger partial charge in [0.25, 0.3) is 0 Å². The summed E-state index contributed by atoms with van der Waals surface area (Å²) in [6.07, 6.45) is -3.57. The van der Waals surface area contributed by atoms with Crippen molar-refractivity contribution in [3.05, 3.63) is 29.8 Å².